The van der Waals surface area contributed by atoms with Crippen LogP contribution in [0.2, 0.25) is 0 Å². The smallest absolute Gasteiger partial charge is 0.303 e. The Bertz CT molecular complexity index is 1310. The van der Waals surface area contributed by atoms with Crippen LogP contribution in [0.3, 0.4) is 0 Å². The van der Waals surface area contributed by atoms with E-state index in [1.165, 1.54) is 0 Å². The summed E-state index contributed by atoms with van der Waals surface area (Å²) < 4.78 is 58.1. The SMILES string of the molecule is CC(=O)OCC1OC(OC(=N)C(Cl)(Cl)Cl)C(OC(C)=O)[C@@H](OC(C)=O)[C@H]1O[C@@H]1OC(COC(C)=O)[C@H](OC(C)=O)[C@H](OC(C)=O)C1OC(C)=O. The zero-order valence-corrected chi connectivity index (χ0v) is 29.9. The molecule has 2 aliphatic heterocycles. The first-order chi connectivity index (χ1) is 23.1. The third-order valence-electron chi connectivity index (χ3n) is 6.38. The number of halogens is 3. The number of carbonyl (C=O) groups excluding carboxylic acids is 7. The normalized spacial score (nSPS) is 29.3. The van der Waals surface area contributed by atoms with E-state index in [0.717, 1.165) is 48.5 Å². The fourth-order valence-corrected chi connectivity index (χ4v) is 4.88. The van der Waals surface area contributed by atoms with Crippen molar-refractivity contribution in [3.8, 4) is 0 Å². The van der Waals surface area contributed by atoms with Crippen molar-refractivity contribution in [2.24, 2.45) is 0 Å². The molecule has 5 unspecified atom stereocenters. The van der Waals surface area contributed by atoms with Crippen molar-refractivity contribution in [3.05, 3.63) is 0 Å². The second-order valence-electron chi connectivity index (χ2n) is 10.6. The lowest BCUT2D eigenvalue weighted by Crippen LogP contribution is -2.67. The summed E-state index contributed by atoms with van der Waals surface area (Å²) in [6.45, 7) is 5.79. The molecule has 2 aliphatic rings. The van der Waals surface area contributed by atoms with Gasteiger partial charge in [-0.1, -0.05) is 34.8 Å². The lowest BCUT2D eigenvalue weighted by molar-refractivity contribution is -0.355. The van der Waals surface area contributed by atoms with Gasteiger partial charge in [-0.05, 0) is 0 Å². The highest BCUT2D eigenvalue weighted by Gasteiger charge is 2.58. The third kappa shape index (κ3) is 13.0. The highest BCUT2D eigenvalue weighted by Crippen LogP contribution is 2.37. The van der Waals surface area contributed by atoms with Crippen LogP contribution in [0.25, 0.3) is 0 Å². The Kier molecular flexibility index (Phi) is 15.9. The Balaban J connectivity index is 2.77. The molecule has 0 saturated carbocycles. The molecule has 1 N–H and O–H groups in total. The second-order valence-corrected chi connectivity index (χ2v) is 12.9. The molecular formula is C28H36Cl3NO18. The summed E-state index contributed by atoms with van der Waals surface area (Å²) in [5, 5.41) is 8.03. The van der Waals surface area contributed by atoms with Gasteiger partial charge >= 0.3 is 41.8 Å². The third-order valence-corrected chi connectivity index (χ3v) is 6.89. The Morgan fingerprint density at radius 3 is 1.24 bits per heavy atom. The molecule has 0 aromatic carbocycles. The maximum atomic E-state index is 12.4. The first kappa shape index (κ1) is 42.7. The molecule has 19 nitrogen and oxygen atoms in total. The van der Waals surface area contributed by atoms with Crippen molar-refractivity contribution in [1.29, 1.82) is 5.41 Å². The van der Waals surface area contributed by atoms with Crippen molar-refractivity contribution in [3.63, 3.8) is 0 Å². The number of nitrogens with one attached hydrogen (secondary N) is 1. The van der Waals surface area contributed by atoms with Crippen molar-refractivity contribution in [1.82, 2.24) is 0 Å². The summed E-state index contributed by atoms with van der Waals surface area (Å²) in [4.78, 5) is 84.9. The van der Waals surface area contributed by atoms with E-state index in [0.29, 0.717) is 0 Å². The molecule has 0 spiro atoms. The molecule has 2 rings (SSSR count). The van der Waals surface area contributed by atoms with E-state index in [-0.39, 0.29) is 0 Å². The van der Waals surface area contributed by atoms with Crippen LogP contribution < -0.4 is 0 Å². The van der Waals surface area contributed by atoms with E-state index in [9.17, 15) is 33.6 Å². The first-order valence-electron chi connectivity index (χ1n) is 14.5. The topological polar surface area (TPSA) is 245 Å². The molecule has 0 amide bonds. The molecular weight excluding hydrogens is 745 g/mol. The van der Waals surface area contributed by atoms with Gasteiger partial charge in [0.1, 0.15) is 31.5 Å². The minimum atomic E-state index is -2.45. The Hall–Kier alpha value is -3.49. The van der Waals surface area contributed by atoms with Gasteiger partial charge in [0.2, 0.25) is 18.3 Å². The van der Waals surface area contributed by atoms with Crippen LogP contribution in [0.5, 0.6) is 0 Å². The lowest BCUT2D eigenvalue weighted by atomic mass is 9.96. The summed E-state index contributed by atoms with van der Waals surface area (Å²) in [5.41, 5.74) is 0. The molecule has 0 aromatic heterocycles. The highest BCUT2D eigenvalue weighted by atomic mass is 35.6. The van der Waals surface area contributed by atoms with Crippen LogP contribution in [0, 0.1) is 5.41 Å². The number of hydrogen-bond donors (Lipinski definition) is 1. The number of alkyl halides is 3. The molecule has 2 fully saturated rings. The predicted molar refractivity (Wildman–Crippen MR) is 162 cm³/mol. The molecule has 10 atom stereocenters. The maximum Gasteiger partial charge on any atom is 0.303 e. The van der Waals surface area contributed by atoms with E-state index in [1.807, 2.05) is 0 Å². The van der Waals surface area contributed by atoms with Crippen LogP contribution in [0.15, 0.2) is 0 Å². The van der Waals surface area contributed by atoms with E-state index in [2.05, 4.69) is 0 Å². The minimum absolute atomic E-state index is 0.617. The van der Waals surface area contributed by atoms with Gasteiger partial charge in [0.05, 0.1) is 0 Å². The van der Waals surface area contributed by atoms with Gasteiger partial charge in [0.25, 0.3) is 3.79 Å². The summed E-state index contributed by atoms with van der Waals surface area (Å²) in [5.74, 6) is -7.37. The fourth-order valence-electron chi connectivity index (χ4n) is 4.75. The summed E-state index contributed by atoms with van der Waals surface area (Å²) >= 11 is 17.3. The first-order valence-corrected chi connectivity index (χ1v) is 15.7. The number of ether oxygens (including phenoxy) is 11. The van der Waals surface area contributed by atoms with Gasteiger partial charge < -0.3 is 52.1 Å². The van der Waals surface area contributed by atoms with E-state index in [1.54, 1.807) is 0 Å². The largest absolute Gasteiger partial charge is 0.463 e. The number of hydrogen-bond acceptors (Lipinski definition) is 19. The van der Waals surface area contributed by atoms with Crippen molar-refractivity contribution >= 4 is 82.5 Å². The minimum Gasteiger partial charge on any atom is -0.463 e. The number of esters is 7. The highest BCUT2D eigenvalue weighted by molar-refractivity contribution is 6.76. The molecule has 2 saturated heterocycles. The average Bonchev–Trinajstić information content (AvgIpc) is 2.95. The molecule has 22 heteroatoms. The zero-order chi connectivity index (χ0) is 38.1. The molecule has 0 aromatic rings. The van der Waals surface area contributed by atoms with E-state index in [4.69, 9.17) is 92.3 Å². The summed E-state index contributed by atoms with van der Waals surface area (Å²) in [6, 6.07) is 0. The lowest BCUT2D eigenvalue weighted by Gasteiger charge is -2.48. The summed E-state index contributed by atoms with van der Waals surface area (Å²) in [6.07, 6.45) is -17.0. The van der Waals surface area contributed by atoms with Crippen LogP contribution >= 0.6 is 34.8 Å². The quantitative estimate of drug-likeness (QED) is 0.0953. The van der Waals surface area contributed by atoms with Gasteiger partial charge in [-0.2, -0.15) is 0 Å². The number of carbonyl (C=O) groups is 7. The monoisotopic (exact) mass is 779 g/mol. The zero-order valence-electron chi connectivity index (χ0n) is 27.7. The molecule has 0 bridgehead atoms. The molecule has 50 heavy (non-hydrogen) atoms. The average molecular weight is 781 g/mol. The van der Waals surface area contributed by atoms with Crippen LogP contribution in [-0.2, 0) is 85.7 Å². The second kappa shape index (κ2) is 18.7. The van der Waals surface area contributed by atoms with Gasteiger partial charge in [-0.3, -0.25) is 39.0 Å². The van der Waals surface area contributed by atoms with Crippen LogP contribution in [0.4, 0.5) is 0 Å². The standard InChI is InChI=1S/C28H36Cl3NO18/c1-10(33)40-8-17-19(42-12(3)35)21(43-13(4)36)23(45-15(6)38)25(47-17)49-20-18(9-41-11(2)34)48-26(50-27(32)28(29,30)31)24(46-16(7)39)22(20)44-14(5)37/h17-26,32H,8-9H2,1-7H3/t17?,18?,19-,20-,21-,22-,23?,24?,25-,26?/m0/s1. The van der Waals surface area contributed by atoms with Crippen molar-refractivity contribution in [2.75, 3.05) is 13.2 Å². The molecule has 2 heterocycles. The van der Waals surface area contributed by atoms with Gasteiger partial charge in [-0.25, -0.2) is 0 Å². The van der Waals surface area contributed by atoms with E-state index < -0.39 is 126 Å². The van der Waals surface area contributed by atoms with E-state index >= 15 is 0 Å². The molecule has 0 aliphatic carbocycles. The predicted octanol–water partition coefficient (Wildman–Crippen LogP) is 0.970. The van der Waals surface area contributed by atoms with Gasteiger partial charge in [-0.15, -0.1) is 0 Å². The molecule has 0 radical (unpaired) electrons. The Morgan fingerprint density at radius 2 is 0.840 bits per heavy atom. The van der Waals surface area contributed by atoms with Crippen LogP contribution in [-0.4, -0.2) is 126 Å². The summed E-state index contributed by atoms with van der Waals surface area (Å²) in [7, 11) is 0. The number of rotatable bonds is 12. The fraction of sp³-hybridized carbons (Fsp3) is 0.714. The Labute approximate surface area is 300 Å². The maximum absolute atomic E-state index is 12.4. The van der Waals surface area contributed by atoms with Crippen LogP contribution in [0.1, 0.15) is 48.5 Å². The van der Waals surface area contributed by atoms with Gasteiger partial charge in [0.15, 0.2) is 30.7 Å². The van der Waals surface area contributed by atoms with Crippen molar-refractivity contribution in [2.45, 2.75) is 114 Å². The van der Waals surface area contributed by atoms with Crippen molar-refractivity contribution < 1.29 is 85.7 Å². The Morgan fingerprint density at radius 1 is 0.500 bits per heavy atom. The van der Waals surface area contributed by atoms with Gasteiger partial charge in [0, 0.05) is 48.5 Å². The molecule has 282 valence electrons.